The molecule has 1 heterocycles. The smallest absolute Gasteiger partial charge is 0.219 e. The largest absolute Gasteiger partial charge is 0.508 e. The summed E-state index contributed by atoms with van der Waals surface area (Å²) in [5.74, 6) is 1.48. The zero-order valence-electron chi connectivity index (χ0n) is 10.8. The summed E-state index contributed by atoms with van der Waals surface area (Å²) < 4.78 is 6.70. The molecule has 0 spiro atoms. The number of ether oxygens (including phenoxy) is 1. The first-order valence-corrected chi connectivity index (χ1v) is 6.94. The normalized spacial score (nSPS) is 10.7. The third-order valence-corrected chi connectivity index (χ3v) is 3.87. The number of phenolic OH excluding ortho intramolecular Hbond substituents is 1. The van der Waals surface area contributed by atoms with Crippen molar-refractivity contribution < 1.29 is 9.84 Å². The summed E-state index contributed by atoms with van der Waals surface area (Å²) in [5, 5.41) is 11.5. The monoisotopic (exact) mass is 329 g/mol. The van der Waals surface area contributed by atoms with E-state index >= 15 is 0 Å². The summed E-state index contributed by atoms with van der Waals surface area (Å²) in [4.78, 5) is 4.21. The van der Waals surface area contributed by atoms with Crippen LogP contribution < -0.4 is 4.74 Å². The Morgan fingerprint density at radius 1 is 1.05 bits per heavy atom. The number of pyridine rings is 1. The Balaban J connectivity index is 1.95. The van der Waals surface area contributed by atoms with E-state index in [2.05, 4.69) is 20.9 Å². The lowest BCUT2D eigenvalue weighted by molar-refractivity contribution is 0.463. The second-order valence-corrected chi connectivity index (χ2v) is 5.42. The second-order valence-electron chi connectivity index (χ2n) is 4.57. The molecule has 2 aromatic carbocycles. The molecule has 0 radical (unpaired) electrons. The van der Waals surface area contributed by atoms with E-state index in [1.807, 2.05) is 37.3 Å². The molecule has 100 valence electrons. The van der Waals surface area contributed by atoms with Gasteiger partial charge in [-0.2, -0.15) is 0 Å². The van der Waals surface area contributed by atoms with E-state index in [0.717, 1.165) is 20.8 Å². The molecule has 0 aliphatic heterocycles. The highest BCUT2D eigenvalue weighted by atomic mass is 79.9. The molecule has 0 saturated heterocycles. The maximum Gasteiger partial charge on any atom is 0.219 e. The number of fused-ring (bicyclic) bond motifs is 1. The topological polar surface area (TPSA) is 42.4 Å². The first-order valence-electron chi connectivity index (χ1n) is 6.14. The van der Waals surface area contributed by atoms with Gasteiger partial charge in [-0.25, -0.2) is 4.98 Å². The number of nitrogens with zero attached hydrogens (tertiary/aromatic N) is 1. The van der Waals surface area contributed by atoms with Crippen molar-refractivity contribution in [3.05, 3.63) is 58.7 Å². The minimum absolute atomic E-state index is 0.243. The Bertz CT molecular complexity index is 787. The standard InChI is InChI=1S/C16H12BrNO2/c1-10-6-16(18-9-15(10)17)20-14-5-3-11-2-4-13(19)7-12(11)8-14/h2-9,19H,1H3. The number of phenols is 1. The molecule has 20 heavy (non-hydrogen) atoms. The van der Waals surface area contributed by atoms with E-state index in [1.54, 1.807) is 18.3 Å². The van der Waals surface area contributed by atoms with Gasteiger partial charge in [-0.15, -0.1) is 0 Å². The molecule has 0 saturated carbocycles. The maximum absolute atomic E-state index is 9.52. The minimum Gasteiger partial charge on any atom is -0.508 e. The predicted molar refractivity (Wildman–Crippen MR) is 82.4 cm³/mol. The number of benzene rings is 2. The Labute approximate surface area is 125 Å². The lowest BCUT2D eigenvalue weighted by Gasteiger charge is -2.07. The minimum atomic E-state index is 0.243. The van der Waals surface area contributed by atoms with Crippen LogP contribution in [0.3, 0.4) is 0 Å². The predicted octanol–water partition coefficient (Wildman–Crippen LogP) is 4.80. The molecule has 0 aliphatic rings. The van der Waals surface area contributed by atoms with E-state index < -0.39 is 0 Å². The van der Waals surface area contributed by atoms with E-state index in [0.29, 0.717) is 11.6 Å². The van der Waals surface area contributed by atoms with E-state index in [1.165, 1.54) is 0 Å². The summed E-state index contributed by atoms with van der Waals surface area (Å²) in [7, 11) is 0. The Morgan fingerprint density at radius 2 is 1.85 bits per heavy atom. The summed E-state index contributed by atoms with van der Waals surface area (Å²) in [6, 6.07) is 12.8. The first-order chi connectivity index (χ1) is 9.61. The van der Waals surface area contributed by atoms with Crippen LogP contribution >= 0.6 is 15.9 Å². The molecule has 0 unspecified atom stereocenters. The number of halogens is 1. The highest BCUT2D eigenvalue weighted by molar-refractivity contribution is 9.10. The Kier molecular flexibility index (Phi) is 3.32. The van der Waals surface area contributed by atoms with Crippen molar-refractivity contribution >= 4 is 26.7 Å². The van der Waals surface area contributed by atoms with Crippen molar-refractivity contribution in [2.24, 2.45) is 0 Å². The number of rotatable bonds is 2. The zero-order valence-corrected chi connectivity index (χ0v) is 12.4. The second kappa shape index (κ2) is 5.13. The summed E-state index contributed by atoms with van der Waals surface area (Å²) in [6.07, 6.45) is 1.72. The number of hydrogen-bond acceptors (Lipinski definition) is 3. The fourth-order valence-corrected chi connectivity index (χ4v) is 2.18. The fraction of sp³-hybridized carbons (Fsp3) is 0.0625. The third-order valence-electron chi connectivity index (χ3n) is 3.04. The molecular formula is C16H12BrNO2. The van der Waals surface area contributed by atoms with Crippen LogP contribution in [0.1, 0.15) is 5.56 Å². The van der Waals surface area contributed by atoms with Crippen LogP contribution in [0.4, 0.5) is 0 Å². The molecule has 1 aromatic heterocycles. The van der Waals surface area contributed by atoms with Gasteiger partial charge >= 0.3 is 0 Å². The summed E-state index contributed by atoms with van der Waals surface area (Å²) >= 11 is 3.41. The first kappa shape index (κ1) is 12.9. The molecule has 3 nitrogen and oxygen atoms in total. The summed E-state index contributed by atoms with van der Waals surface area (Å²) in [5.41, 5.74) is 1.06. The van der Waals surface area contributed by atoms with Crippen molar-refractivity contribution in [3.8, 4) is 17.4 Å². The van der Waals surface area contributed by atoms with Crippen LogP contribution in [-0.2, 0) is 0 Å². The molecular weight excluding hydrogens is 318 g/mol. The van der Waals surface area contributed by atoms with Crippen LogP contribution in [0.5, 0.6) is 17.4 Å². The van der Waals surface area contributed by atoms with Gasteiger partial charge < -0.3 is 9.84 Å². The zero-order chi connectivity index (χ0) is 14.1. The highest BCUT2D eigenvalue weighted by Crippen LogP contribution is 2.28. The van der Waals surface area contributed by atoms with Crippen molar-refractivity contribution in [2.45, 2.75) is 6.92 Å². The van der Waals surface area contributed by atoms with Gasteiger partial charge in [0.2, 0.25) is 5.88 Å². The van der Waals surface area contributed by atoms with E-state index in [9.17, 15) is 5.11 Å². The van der Waals surface area contributed by atoms with Crippen LogP contribution in [0, 0.1) is 6.92 Å². The van der Waals surface area contributed by atoms with Gasteiger partial charge in [0.1, 0.15) is 11.5 Å². The molecule has 3 aromatic rings. The number of hydrogen-bond donors (Lipinski definition) is 1. The van der Waals surface area contributed by atoms with Crippen molar-refractivity contribution in [2.75, 3.05) is 0 Å². The number of aromatic nitrogens is 1. The van der Waals surface area contributed by atoms with Gasteiger partial charge in [0.25, 0.3) is 0 Å². The van der Waals surface area contributed by atoms with Crippen molar-refractivity contribution in [1.29, 1.82) is 0 Å². The van der Waals surface area contributed by atoms with Gasteiger partial charge in [-0.05, 0) is 63.5 Å². The molecule has 0 fully saturated rings. The number of aryl methyl sites for hydroxylation is 1. The molecule has 3 rings (SSSR count). The molecule has 4 heteroatoms. The van der Waals surface area contributed by atoms with Gasteiger partial charge in [-0.3, -0.25) is 0 Å². The lowest BCUT2D eigenvalue weighted by Crippen LogP contribution is -1.89. The third kappa shape index (κ3) is 2.60. The lowest BCUT2D eigenvalue weighted by atomic mass is 10.1. The van der Waals surface area contributed by atoms with Gasteiger partial charge in [0.15, 0.2) is 0 Å². The van der Waals surface area contributed by atoms with Crippen molar-refractivity contribution in [3.63, 3.8) is 0 Å². The van der Waals surface area contributed by atoms with Crippen LogP contribution in [0.15, 0.2) is 53.1 Å². The Hall–Kier alpha value is -2.07. The summed E-state index contributed by atoms with van der Waals surface area (Å²) in [6.45, 7) is 1.98. The maximum atomic E-state index is 9.52. The average Bonchev–Trinajstić information content (AvgIpc) is 2.42. The van der Waals surface area contributed by atoms with E-state index in [4.69, 9.17) is 4.74 Å². The van der Waals surface area contributed by atoms with E-state index in [-0.39, 0.29) is 5.75 Å². The number of aromatic hydroxyl groups is 1. The molecule has 1 N–H and O–H groups in total. The SMILES string of the molecule is Cc1cc(Oc2ccc3ccc(O)cc3c2)ncc1Br. The highest BCUT2D eigenvalue weighted by Gasteiger charge is 2.03. The van der Waals surface area contributed by atoms with Gasteiger partial charge in [-0.1, -0.05) is 12.1 Å². The van der Waals surface area contributed by atoms with Gasteiger partial charge in [0.05, 0.1) is 0 Å². The molecule has 0 atom stereocenters. The van der Waals surface area contributed by atoms with Crippen molar-refractivity contribution in [1.82, 2.24) is 4.98 Å². The fourth-order valence-electron chi connectivity index (χ4n) is 1.97. The van der Waals surface area contributed by atoms with Crippen LogP contribution in [0.25, 0.3) is 10.8 Å². The molecule has 0 bridgehead atoms. The van der Waals surface area contributed by atoms with Crippen LogP contribution in [0.2, 0.25) is 0 Å². The molecule has 0 amide bonds. The average molecular weight is 330 g/mol. The quantitative estimate of drug-likeness (QED) is 0.734. The molecule has 0 aliphatic carbocycles. The Morgan fingerprint density at radius 3 is 2.65 bits per heavy atom. The van der Waals surface area contributed by atoms with Gasteiger partial charge in [0, 0.05) is 16.7 Å². The van der Waals surface area contributed by atoms with Crippen LogP contribution in [-0.4, -0.2) is 10.1 Å².